The monoisotopic (exact) mass is 330 g/mol. The number of anilines is 1. The minimum atomic E-state index is 0.722. The maximum atomic E-state index is 6.14. The van der Waals surface area contributed by atoms with Gasteiger partial charge in [0.2, 0.25) is 0 Å². The van der Waals surface area contributed by atoms with E-state index < -0.39 is 0 Å². The molecule has 4 nitrogen and oxygen atoms in total. The normalized spacial score (nSPS) is 11.1. The Morgan fingerprint density at radius 3 is 2.90 bits per heavy atom. The number of aryl methyl sites for hydroxylation is 1. The van der Waals surface area contributed by atoms with Crippen LogP contribution in [0.2, 0.25) is 0 Å². The number of rotatable bonds is 3. The molecule has 2 aromatic heterocycles. The third-order valence-electron chi connectivity index (χ3n) is 3.25. The first-order valence-electron chi connectivity index (χ1n) is 6.56. The second kappa shape index (κ2) is 5.25. The second-order valence-electron chi connectivity index (χ2n) is 4.68. The van der Waals surface area contributed by atoms with Crippen LogP contribution in [0.4, 0.5) is 5.69 Å². The van der Waals surface area contributed by atoms with Gasteiger partial charge in [0.25, 0.3) is 0 Å². The molecule has 2 N–H and O–H groups in total. The van der Waals surface area contributed by atoms with E-state index in [2.05, 4.69) is 32.4 Å². The number of pyridine rings is 1. The first-order valence-corrected chi connectivity index (χ1v) is 7.35. The summed E-state index contributed by atoms with van der Waals surface area (Å²) in [5, 5.41) is 0. The van der Waals surface area contributed by atoms with Gasteiger partial charge < -0.3 is 10.3 Å². The number of hydrogen-bond acceptors (Lipinski definition) is 3. The molecule has 2 heterocycles. The molecule has 3 rings (SSSR count). The van der Waals surface area contributed by atoms with Crippen molar-refractivity contribution >= 4 is 32.7 Å². The Morgan fingerprint density at radius 2 is 2.15 bits per heavy atom. The van der Waals surface area contributed by atoms with E-state index in [4.69, 9.17) is 10.7 Å². The molecule has 0 aliphatic rings. The van der Waals surface area contributed by atoms with Gasteiger partial charge in [-0.3, -0.25) is 4.98 Å². The predicted octanol–water partition coefficient (Wildman–Crippen LogP) is 3.85. The van der Waals surface area contributed by atoms with Crippen LogP contribution in [0, 0.1) is 0 Å². The molecule has 0 amide bonds. The fourth-order valence-corrected chi connectivity index (χ4v) is 2.75. The molecule has 1 aromatic carbocycles. The van der Waals surface area contributed by atoms with Crippen molar-refractivity contribution < 1.29 is 0 Å². The summed E-state index contributed by atoms with van der Waals surface area (Å²) in [4.78, 5) is 8.84. The van der Waals surface area contributed by atoms with Gasteiger partial charge in [-0.25, -0.2) is 4.98 Å². The highest BCUT2D eigenvalue weighted by atomic mass is 79.9. The van der Waals surface area contributed by atoms with Crippen molar-refractivity contribution in [1.29, 1.82) is 0 Å². The zero-order valence-electron chi connectivity index (χ0n) is 11.2. The van der Waals surface area contributed by atoms with Crippen molar-refractivity contribution in [3.63, 3.8) is 0 Å². The molecule has 3 aromatic rings. The van der Waals surface area contributed by atoms with Crippen LogP contribution in [0.1, 0.15) is 13.3 Å². The molecular formula is C15H15BrN4. The molecule has 0 unspecified atom stereocenters. The Morgan fingerprint density at radius 1 is 1.30 bits per heavy atom. The van der Waals surface area contributed by atoms with Crippen LogP contribution in [-0.4, -0.2) is 14.5 Å². The van der Waals surface area contributed by atoms with E-state index in [-0.39, 0.29) is 0 Å². The van der Waals surface area contributed by atoms with E-state index >= 15 is 0 Å². The summed E-state index contributed by atoms with van der Waals surface area (Å²) in [7, 11) is 0. The second-order valence-corrected chi connectivity index (χ2v) is 5.60. The lowest BCUT2D eigenvalue weighted by Gasteiger charge is -2.10. The largest absolute Gasteiger partial charge is 0.398 e. The zero-order valence-corrected chi connectivity index (χ0v) is 12.8. The number of imidazole rings is 1. The van der Waals surface area contributed by atoms with Crippen LogP contribution in [0.5, 0.6) is 0 Å². The van der Waals surface area contributed by atoms with Crippen LogP contribution in [0.25, 0.3) is 22.4 Å². The van der Waals surface area contributed by atoms with Gasteiger partial charge >= 0.3 is 0 Å². The number of aromatic nitrogens is 3. The van der Waals surface area contributed by atoms with Crippen molar-refractivity contribution in [2.75, 3.05) is 5.73 Å². The standard InChI is InChI=1S/C15H15BrN4/c1-2-7-20-14-5-6-18-9-13(14)19-15(20)11-4-3-10(16)8-12(11)17/h3-6,8-9H,2,7,17H2,1H3. The van der Waals surface area contributed by atoms with Crippen molar-refractivity contribution in [2.45, 2.75) is 19.9 Å². The summed E-state index contributed by atoms with van der Waals surface area (Å²) < 4.78 is 3.18. The molecule has 5 heteroatoms. The minimum Gasteiger partial charge on any atom is -0.398 e. The van der Waals surface area contributed by atoms with E-state index in [1.807, 2.05) is 24.3 Å². The summed E-state index contributed by atoms with van der Waals surface area (Å²) in [6, 6.07) is 7.89. The quantitative estimate of drug-likeness (QED) is 0.742. The maximum Gasteiger partial charge on any atom is 0.143 e. The molecule has 0 fully saturated rings. The molecule has 0 radical (unpaired) electrons. The topological polar surface area (TPSA) is 56.7 Å². The number of nitrogen functional groups attached to an aromatic ring is 1. The Hall–Kier alpha value is -1.88. The molecule has 102 valence electrons. The zero-order chi connectivity index (χ0) is 14.1. The van der Waals surface area contributed by atoms with Crippen LogP contribution < -0.4 is 5.73 Å². The number of hydrogen-bond donors (Lipinski definition) is 1. The number of nitrogens with zero attached hydrogens (tertiary/aromatic N) is 3. The molecule has 0 atom stereocenters. The first kappa shape index (κ1) is 13.1. The molecule has 0 saturated carbocycles. The Labute approximate surface area is 125 Å². The minimum absolute atomic E-state index is 0.722. The Bertz CT molecular complexity index is 764. The SMILES string of the molecule is CCCn1c(-c2ccc(Br)cc2N)nc2cnccc21. The lowest BCUT2D eigenvalue weighted by atomic mass is 10.1. The highest BCUT2D eigenvalue weighted by molar-refractivity contribution is 9.10. The number of fused-ring (bicyclic) bond motifs is 1. The molecule has 0 bridgehead atoms. The predicted molar refractivity (Wildman–Crippen MR) is 85.4 cm³/mol. The van der Waals surface area contributed by atoms with Gasteiger partial charge in [0.1, 0.15) is 11.3 Å². The fraction of sp³-hybridized carbons (Fsp3) is 0.200. The molecule has 0 saturated heterocycles. The molecule has 0 spiro atoms. The Kier molecular flexibility index (Phi) is 3.44. The number of halogens is 1. The molecule has 0 aliphatic carbocycles. The number of nitrogens with two attached hydrogens (primary N) is 1. The molecular weight excluding hydrogens is 316 g/mol. The summed E-state index contributed by atoms with van der Waals surface area (Å²) >= 11 is 3.44. The van der Waals surface area contributed by atoms with Gasteiger partial charge in [0.05, 0.1) is 11.7 Å². The van der Waals surface area contributed by atoms with Crippen LogP contribution in [0.3, 0.4) is 0 Å². The van der Waals surface area contributed by atoms with Crippen molar-refractivity contribution in [1.82, 2.24) is 14.5 Å². The third kappa shape index (κ3) is 2.18. The first-order chi connectivity index (χ1) is 9.70. The summed E-state index contributed by atoms with van der Waals surface area (Å²) in [5.74, 6) is 0.903. The van der Waals surface area contributed by atoms with Crippen molar-refractivity contribution in [3.8, 4) is 11.4 Å². The lowest BCUT2D eigenvalue weighted by molar-refractivity contribution is 0.704. The highest BCUT2D eigenvalue weighted by Gasteiger charge is 2.14. The maximum absolute atomic E-state index is 6.14. The highest BCUT2D eigenvalue weighted by Crippen LogP contribution is 2.30. The van der Waals surface area contributed by atoms with Gasteiger partial charge in [0.15, 0.2) is 0 Å². The molecule has 0 aliphatic heterocycles. The van der Waals surface area contributed by atoms with Gasteiger partial charge in [0, 0.05) is 28.5 Å². The summed E-state index contributed by atoms with van der Waals surface area (Å²) in [6.07, 6.45) is 4.63. The van der Waals surface area contributed by atoms with Crippen LogP contribution in [-0.2, 0) is 6.54 Å². The van der Waals surface area contributed by atoms with E-state index in [1.54, 1.807) is 12.4 Å². The van der Waals surface area contributed by atoms with Crippen LogP contribution in [0.15, 0.2) is 41.1 Å². The van der Waals surface area contributed by atoms with E-state index in [9.17, 15) is 0 Å². The number of benzene rings is 1. The van der Waals surface area contributed by atoms with E-state index in [0.29, 0.717) is 0 Å². The van der Waals surface area contributed by atoms with Crippen molar-refractivity contribution in [2.24, 2.45) is 0 Å². The Balaban J connectivity index is 2.26. The van der Waals surface area contributed by atoms with E-state index in [1.165, 1.54) is 0 Å². The third-order valence-corrected chi connectivity index (χ3v) is 3.75. The van der Waals surface area contributed by atoms with Gasteiger partial charge in [-0.15, -0.1) is 0 Å². The van der Waals surface area contributed by atoms with E-state index in [0.717, 1.165) is 45.5 Å². The summed E-state index contributed by atoms with van der Waals surface area (Å²) in [6.45, 7) is 3.06. The average Bonchev–Trinajstić information content (AvgIpc) is 2.78. The van der Waals surface area contributed by atoms with Crippen LogP contribution >= 0.6 is 15.9 Å². The van der Waals surface area contributed by atoms with Gasteiger partial charge in [-0.1, -0.05) is 22.9 Å². The fourth-order valence-electron chi connectivity index (χ4n) is 2.37. The van der Waals surface area contributed by atoms with Gasteiger partial charge in [-0.05, 0) is 30.7 Å². The summed E-state index contributed by atoms with van der Waals surface area (Å²) in [5.41, 5.74) is 9.82. The smallest absolute Gasteiger partial charge is 0.143 e. The lowest BCUT2D eigenvalue weighted by Crippen LogP contribution is -2.01. The molecule has 20 heavy (non-hydrogen) atoms. The van der Waals surface area contributed by atoms with Crippen molar-refractivity contribution in [3.05, 3.63) is 41.1 Å². The average molecular weight is 331 g/mol. The van der Waals surface area contributed by atoms with Gasteiger partial charge in [-0.2, -0.15) is 0 Å².